The Kier molecular flexibility index (Phi) is 6.73. The smallest absolute Gasteiger partial charge is 0.232 e. The van der Waals surface area contributed by atoms with Crippen LogP contribution in [0.15, 0.2) is 36.4 Å². The third-order valence-corrected chi connectivity index (χ3v) is 5.30. The van der Waals surface area contributed by atoms with E-state index in [1.54, 1.807) is 31.4 Å². The van der Waals surface area contributed by atoms with E-state index >= 15 is 0 Å². The number of anilines is 1. The maximum atomic E-state index is 12.4. The van der Waals surface area contributed by atoms with Crippen LogP contribution in [0, 0.1) is 20.8 Å². The van der Waals surface area contributed by atoms with Crippen LogP contribution in [0.25, 0.3) is 0 Å². The lowest BCUT2D eigenvalue weighted by atomic mass is 10.0. The van der Waals surface area contributed by atoms with Crippen LogP contribution < -0.4 is 13.8 Å². The summed E-state index contributed by atoms with van der Waals surface area (Å²) in [6, 6.07) is 10.8. The first-order valence-corrected chi connectivity index (χ1v) is 10.5. The van der Waals surface area contributed by atoms with Gasteiger partial charge in [-0.1, -0.05) is 17.7 Å². The van der Waals surface area contributed by atoms with E-state index in [4.69, 9.17) is 9.47 Å². The summed E-state index contributed by atoms with van der Waals surface area (Å²) >= 11 is 0. The third kappa shape index (κ3) is 5.61. The first-order valence-electron chi connectivity index (χ1n) is 8.62. The van der Waals surface area contributed by atoms with E-state index in [0.29, 0.717) is 17.2 Å². The number of aliphatic hydroxyl groups excluding tert-OH is 1. The van der Waals surface area contributed by atoms with Crippen LogP contribution in [-0.4, -0.2) is 46.1 Å². The van der Waals surface area contributed by atoms with Crippen molar-refractivity contribution in [1.29, 1.82) is 0 Å². The van der Waals surface area contributed by atoms with Crippen LogP contribution in [-0.2, 0) is 10.0 Å². The second-order valence-corrected chi connectivity index (χ2v) is 8.59. The Morgan fingerprint density at radius 1 is 1.04 bits per heavy atom. The third-order valence-electron chi connectivity index (χ3n) is 4.16. The van der Waals surface area contributed by atoms with Crippen LogP contribution in [0.4, 0.5) is 5.69 Å². The molecule has 1 N–H and O–H groups in total. The highest BCUT2D eigenvalue weighted by atomic mass is 32.2. The normalized spacial score (nSPS) is 12.5. The van der Waals surface area contributed by atoms with E-state index in [0.717, 1.165) is 22.9 Å². The van der Waals surface area contributed by atoms with Crippen molar-refractivity contribution in [2.24, 2.45) is 0 Å². The number of methoxy groups -OCH3 is 1. The van der Waals surface area contributed by atoms with Crippen molar-refractivity contribution in [3.8, 4) is 11.5 Å². The molecule has 6 nitrogen and oxygen atoms in total. The standard InChI is InChI=1S/C20H27NO5S/c1-14-10-15(2)20(16(3)11-14)21(27(5,23)24)12-17(22)13-26-19-8-6-18(25-4)7-9-19/h6-11,17,22H,12-13H2,1-5H3/t17-/m0/s1. The van der Waals surface area contributed by atoms with Crippen LogP contribution >= 0.6 is 0 Å². The fourth-order valence-electron chi connectivity index (χ4n) is 3.07. The molecule has 0 unspecified atom stereocenters. The molecule has 0 saturated carbocycles. The molecule has 7 heteroatoms. The minimum Gasteiger partial charge on any atom is -0.497 e. The molecule has 27 heavy (non-hydrogen) atoms. The maximum Gasteiger partial charge on any atom is 0.232 e. The second-order valence-electron chi connectivity index (χ2n) is 6.68. The lowest BCUT2D eigenvalue weighted by Gasteiger charge is -2.28. The Bertz CT molecular complexity index is 855. The highest BCUT2D eigenvalue weighted by Crippen LogP contribution is 2.28. The Morgan fingerprint density at radius 2 is 1.56 bits per heavy atom. The minimum absolute atomic E-state index is 0.0255. The van der Waals surface area contributed by atoms with E-state index < -0.39 is 16.1 Å². The highest BCUT2D eigenvalue weighted by molar-refractivity contribution is 7.92. The van der Waals surface area contributed by atoms with E-state index in [1.807, 2.05) is 32.9 Å². The molecule has 0 aliphatic carbocycles. The molecule has 1 atom stereocenters. The van der Waals surface area contributed by atoms with Crippen molar-refractivity contribution in [3.63, 3.8) is 0 Å². The van der Waals surface area contributed by atoms with E-state index in [1.165, 1.54) is 4.31 Å². The summed E-state index contributed by atoms with van der Waals surface area (Å²) in [5, 5.41) is 10.4. The molecular weight excluding hydrogens is 366 g/mol. The molecule has 0 spiro atoms. The number of sulfonamides is 1. The van der Waals surface area contributed by atoms with Gasteiger partial charge in [0.25, 0.3) is 0 Å². The molecule has 0 aromatic heterocycles. The minimum atomic E-state index is -3.56. The van der Waals surface area contributed by atoms with Gasteiger partial charge in [0.2, 0.25) is 10.0 Å². The van der Waals surface area contributed by atoms with Crippen LogP contribution in [0.1, 0.15) is 16.7 Å². The Balaban J connectivity index is 2.14. The van der Waals surface area contributed by atoms with Crippen molar-refractivity contribution in [3.05, 3.63) is 53.1 Å². The quantitative estimate of drug-likeness (QED) is 0.746. The van der Waals surface area contributed by atoms with Gasteiger partial charge in [-0.3, -0.25) is 4.31 Å². The van der Waals surface area contributed by atoms with E-state index in [9.17, 15) is 13.5 Å². The summed E-state index contributed by atoms with van der Waals surface area (Å²) in [5.74, 6) is 1.28. The Morgan fingerprint density at radius 3 is 2.04 bits per heavy atom. The van der Waals surface area contributed by atoms with Crippen molar-refractivity contribution in [2.45, 2.75) is 26.9 Å². The zero-order chi connectivity index (χ0) is 20.2. The van der Waals surface area contributed by atoms with Gasteiger partial charge in [0.05, 0.1) is 25.6 Å². The van der Waals surface area contributed by atoms with Gasteiger partial charge in [-0.15, -0.1) is 0 Å². The number of nitrogens with zero attached hydrogens (tertiary/aromatic N) is 1. The molecule has 2 aromatic rings. The number of aliphatic hydroxyl groups is 1. The van der Waals surface area contributed by atoms with Gasteiger partial charge in [0.1, 0.15) is 24.2 Å². The largest absolute Gasteiger partial charge is 0.497 e. The molecule has 0 amide bonds. The summed E-state index contributed by atoms with van der Waals surface area (Å²) < 4.78 is 36.6. The molecule has 0 aliphatic rings. The SMILES string of the molecule is COc1ccc(OC[C@@H](O)CN(c2c(C)cc(C)cc2C)S(C)(=O)=O)cc1. The average molecular weight is 394 g/mol. The summed E-state index contributed by atoms with van der Waals surface area (Å²) in [4.78, 5) is 0. The van der Waals surface area contributed by atoms with Crippen molar-refractivity contribution in [2.75, 3.05) is 30.8 Å². The van der Waals surface area contributed by atoms with Gasteiger partial charge in [-0.25, -0.2) is 8.42 Å². The summed E-state index contributed by atoms with van der Waals surface area (Å²) in [5.41, 5.74) is 3.36. The van der Waals surface area contributed by atoms with Gasteiger partial charge in [-0.05, 0) is 56.2 Å². The number of aryl methyl sites for hydroxylation is 3. The summed E-state index contributed by atoms with van der Waals surface area (Å²) in [7, 11) is -1.98. The second kappa shape index (κ2) is 8.63. The molecule has 0 saturated heterocycles. The first kappa shape index (κ1) is 21.1. The predicted molar refractivity (Wildman–Crippen MR) is 107 cm³/mol. The molecule has 0 bridgehead atoms. The Labute approximate surface area is 161 Å². The molecule has 2 aromatic carbocycles. The van der Waals surface area contributed by atoms with Crippen molar-refractivity contribution in [1.82, 2.24) is 0 Å². The fourth-order valence-corrected chi connectivity index (χ4v) is 4.13. The molecule has 0 heterocycles. The van der Waals surface area contributed by atoms with Crippen molar-refractivity contribution < 1.29 is 23.0 Å². The molecule has 0 radical (unpaired) electrons. The number of benzene rings is 2. The fraction of sp³-hybridized carbons (Fsp3) is 0.400. The van der Waals surface area contributed by atoms with Gasteiger partial charge in [0.15, 0.2) is 0 Å². The first-order chi connectivity index (χ1) is 12.6. The van der Waals surface area contributed by atoms with Crippen LogP contribution in [0.3, 0.4) is 0 Å². The molecule has 0 aliphatic heterocycles. The average Bonchev–Trinajstić information content (AvgIpc) is 2.58. The van der Waals surface area contributed by atoms with E-state index in [2.05, 4.69) is 0 Å². The number of hydrogen-bond donors (Lipinski definition) is 1. The van der Waals surface area contributed by atoms with Gasteiger partial charge >= 0.3 is 0 Å². The lowest BCUT2D eigenvalue weighted by Crippen LogP contribution is -2.40. The monoisotopic (exact) mass is 393 g/mol. The van der Waals surface area contributed by atoms with Gasteiger partial charge < -0.3 is 14.6 Å². The highest BCUT2D eigenvalue weighted by Gasteiger charge is 2.24. The molecule has 148 valence electrons. The number of rotatable bonds is 8. The lowest BCUT2D eigenvalue weighted by molar-refractivity contribution is 0.115. The van der Waals surface area contributed by atoms with Crippen LogP contribution in [0.2, 0.25) is 0 Å². The number of hydrogen-bond acceptors (Lipinski definition) is 5. The molecule has 2 rings (SSSR count). The van der Waals surface area contributed by atoms with Crippen LogP contribution in [0.5, 0.6) is 11.5 Å². The van der Waals surface area contributed by atoms with Crippen molar-refractivity contribution >= 4 is 15.7 Å². The topological polar surface area (TPSA) is 76.1 Å². The predicted octanol–water partition coefficient (Wildman–Crippen LogP) is 2.83. The summed E-state index contributed by atoms with van der Waals surface area (Å²) in [6.45, 7) is 5.59. The number of ether oxygens (including phenoxy) is 2. The summed E-state index contributed by atoms with van der Waals surface area (Å²) in [6.07, 6.45) is 0.157. The molecular formula is C20H27NO5S. The van der Waals surface area contributed by atoms with Gasteiger partial charge in [-0.2, -0.15) is 0 Å². The molecule has 0 fully saturated rings. The van der Waals surface area contributed by atoms with E-state index in [-0.39, 0.29) is 13.2 Å². The maximum absolute atomic E-state index is 12.4. The zero-order valence-electron chi connectivity index (χ0n) is 16.4. The zero-order valence-corrected chi connectivity index (χ0v) is 17.2. The Hall–Kier alpha value is -2.25. The van der Waals surface area contributed by atoms with Gasteiger partial charge in [0, 0.05) is 0 Å².